The van der Waals surface area contributed by atoms with Gasteiger partial charge in [-0.1, -0.05) is 34.1 Å². The van der Waals surface area contributed by atoms with Crippen LogP contribution in [0.2, 0.25) is 18.1 Å². The second-order valence-electron chi connectivity index (χ2n) is 9.36. The van der Waals surface area contributed by atoms with Crippen molar-refractivity contribution in [2.45, 2.75) is 89.5 Å². The van der Waals surface area contributed by atoms with Gasteiger partial charge in [0.15, 0.2) is 8.32 Å². The highest BCUT2D eigenvalue weighted by molar-refractivity contribution is 7.80. The van der Waals surface area contributed by atoms with E-state index in [-0.39, 0.29) is 34.7 Å². The number of rotatable bonds is 4. The quantitative estimate of drug-likeness (QED) is 0.459. The molecule has 140 valence electrons. The van der Waals surface area contributed by atoms with E-state index in [1.54, 1.807) is 0 Å². The molecule has 6 atom stereocenters. The molecule has 3 fully saturated rings. The summed E-state index contributed by atoms with van der Waals surface area (Å²) < 4.78 is 49.5. The van der Waals surface area contributed by atoms with Gasteiger partial charge < -0.3 is 9.16 Å². The van der Waals surface area contributed by atoms with Gasteiger partial charge in [-0.2, -0.15) is 8.42 Å². The SMILES string of the molecule is CC(C)(C)[Si](C)(C)O[C@H]1[C@H](OS(=O)(=O)O)[C@@H]2O[C@@H]2[C@]2(C)CCC[C@@H]12. The molecule has 0 bridgehead atoms. The molecule has 8 heteroatoms. The maximum Gasteiger partial charge on any atom is 0.397 e. The molecule has 1 N–H and O–H groups in total. The van der Waals surface area contributed by atoms with Gasteiger partial charge >= 0.3 is 10.4 Å². The fraction of sp³-hybridized carbons (Fsp3) is 1.00. The number of fused-ring (bicyclic) bond motifs is 3. The van der Waals surface area contributed by atoms with Crippen LogP contribution in [0, 0.1) is 11.3 Å². The summed E-state index contributed by atoms with van der Waals surface area (Å²) in [5.41, 5.74) is 0.0107. The van der Waals surface area contributed by atoms with Crippen LogP contribution in [0.25, 0.3) is 0 Å². The molecule has 0 radical (unpaired) electrons. The van der Waals surface area contributed by atoms with E-state index in [2.05, 4.69) is 40.8 Å². The normalized spacial score (nSPS) is 42.5. The Morgan fingerprint density at radius 3 is 2.42 bits per heavy atom. The minimum Gasteiger partial charge on any atom is -0.411 e. The van der Waals surface area contributed by atoms with E-state index in [1.165, 1.54) is 0 Å². The fourth-order valence-electron chi connectivity index (χ4n) is 4.35. The van der Waals surface area contributed by atoms with E-state index in [0.717, 1.165) is 19.3 Å². The second-order valence-corrected chi connectivity index (χ2v) is 15.2. The van der Waals surface area contributed by atoms with Crippen LogP contribution in [0.5, 0.6) is 0 Å². The molecule has 0 aromatic rings. The first-order valence-corrected chi connectivity index (χ1v) is 13.0. The maximum absolute atomic E-state index is 11.4. The second kappa shape index (κ2) is 5.50. The van der Waals surface area contributed by atoms with Crippen LogP contribution in [0.3, 0.4) is 0 Å². The molecule has 1 saturated heterocycles. The Labute approximate surface area is 146 Å². The van der Waals surface area contributed by atoms with Crippen molar-refractivity contribution in [2.24, 2.45) is 11.3 Å². The summed E-state index contributed by atoms with van der Waals surface area (Å²) in [5, 5.41) is 0.00586. The predicted molar refractivity (Wildman–Crippen MR) is 92.6 cm³/mol. The first kappa shape index (κ1) is 18.8. The molecule has 0 aromatic carbocycles. The predicted octanol–water partition coefficient (Wildman–Crippen LogP) is 3.15. The van der Waals surface area contributed by atoms with Crippen LogP contribution in [0.4, 0.5) is 0 Å². The van der Waals surface area contributed by atoms with Crippen molar-refractivity contribution in [1.29, 1.82) is 0 Å². The van der Waals surface area contributed by atoms with E-state index in [4.69, 9.17) is 13.3 Å². The zero-order valence-corrected chi connectivity index (χ0v) is 17.2. The van der Waals surface area contributed by atoms with Crippen molar-refractivity contribution >= 4 is 18.7 Å². The van der Waals surface area contributed by atoms with Crippen LogP contribution < -0.4 is 0 Å². The molecule has 1 heterocycles. The Balaban J connectivity index is 1.94. The van der Waals surface area contributed by atoms with Crippen LogP contribution >= 0.6 is 0 Å². The molecule has 3 aliphatic rings. The van der Waals surface area contributed by atoms with Crippen LogP contribution in [0.1, 0.15) is 47.0 Å². The van der Waals surface area contributed by atoms with Crippen LogP contribution in [-0.2, 0) is 23.7 Å². The standard InChI is InChI=1S/C16H30O6SSi/c1-15(2,3)24(5,6)22-11-10-8-7-9-16(10,4)14-13(20-14)12(11)21-23(17,18)19/h10-14H,7-9H2,1-6H3,(H,17,18,19)/t10-,11+,12-,13-,14-,16+/m0/s1. The molecule has 24 heavy (non-hydrogen) atoms. The summed E-state index contributed by atoms with van der Waals surface area (Å²) in [6, 6.07) is 0. The topological polar surface area (TPSA) is 85.4 Å². The Morgan fingerprint density at radius 1 is 1.25 bits per heavy atom. The number of ether oxygens (including phenoxy) is 1. The lowest BCUT2D eigenvalue weighted by Gasteiger charge is -2.48. The minimum atomic E-state index is -4.55. The number of epoxide rings is 1. The average Bonchev–Trinajstić information content (AvgIpc) is 3.09. The maximum atomic E-state index is 11.4. The molecule has 2 saturated carbocycles. The van der Waals surface area contributed by atoms with Crippen LogP contribution in [0.15, 0.2) is 0 Å². The smallest absolute Gasteiger partial charge is 0.397 e. The Kier molecular flexibility index (Phi) is 4.31. The highest BCUT2D eigenvalue weighted by Crippen LogP contribution is 2.61. The molecule has 2 aliphatic carbocycles. The molecule has 0 amide bonds. The summed E-state index contributed by atoms with van der Waals surface area (Å²) in [6.45, 7) is 13.0. The summed E-state index contributed by atoms with van der Waals surface area (Å²) in [5.74, 6) is 0.196. The zero-order chi connectivity index (χ0) is 18.1. The van der Waals surface area contributed by atoms with Gasteiger partial charge in [0.05, 0.1) is 12.2 Å². The van der Waals surface area contributed by atoms with E-state index < -0.39 is 24.8 Å². The first-order chi connectivity index (χ1) is 10.8. The van der Waals surface area contributed by atoms with Gasteiger partial charge in [0, 0.05) is 5.41 Å². The number of hydrogen-bond acceptors (Lipinski definition) is 5. The van der Waals surface area contributed by atoms with Crippen molar-refractivity contribution in [2.75, 3.05) is 0 Å². The van der Waals surface area contributed by atoms with Gasteiger partial charge in [-0.25, -0.2) is 4.18 Å². The number of hydrogen-bond donors (Lipinski definition) is 1. The zero-order valence-electron chi connectivity index (χ0n) is 15.4. The molecular weight excluding hydrogens is 348 g/mol. The molecule has 3 rings (SSSR count). The van der Waals surface area contributed by atoms with E-state index in [1.807, 2.05) is 0 Å². The Bertz CT molecular complexity index is 613. The van der Waals surface area contributed by atoms with Crippen molar-refractivity contribution < 1.29 is 26.3 Å². The highest BCUT2D eigenvalue weighted by atomic mass is 32.3. The lowest BCUT2D eigenvalue weighted by Crippen LogP contribution is -2.58. The van der Waals surface area contributed by atoms with Crippen molar-refractivity contribution in [3.63, 3.8) is 0 Å². The summed E-state index contributed by atoms with van der Waals surface area (Å²) in [7, 11) is -6.67. The molecule has 6 nitrogen and oxygen atoms in total. The van der Waals surface area contributed by atoms with E-state index in [0.29, 0.717) is 0 Å². The Morgan fingerprint density at radius 2 is 1.88 bits per heavy atom. The molecule has 0 unspecified atom stereocenters. The lowest BCUT2D eigenvalue weighted by atomic mass is 9.67. The molecule has 0 spiro atoms. The first-order valence-electron chi connectivity index (χ1n) is 8.75. The summed E-state index contributed by atoms with van der Waals surface area (Å²) >= 11 is 0. The van der Waals surface area contributed by atoms with Crippen LogP contribution in [-0.4, -0.2) is 45.7 Å². The van der Waals surface area contributed by atoms with Crippen molar-refractivity contribution in [1.82, 2.24) is 0 Å². The van der Waals surface area contributed by atoms with Gasteiger partial charge in [-0.05, 0) is 36.9 Å². The molecular formula is C16H30O6SSi. The molecule has 0 aromatic heterocycles. The minimum absolute atomic E-state index is 0.00586. The van der Waals surface area contributed by atoms with Gasteiger partial charge in [0.2, 0.25) is 0 Å². The average molecular weight is 379 g/mol. The Hall–Kier alpha value is 0.00688. The van der Waals surface area contributed by atoms with Gasteiger partial charge in [0.1, 0.15) is 12.2 Å². The van der Waals surface area contributed by atoms with Crippen molar-refractivity contribution in [3.8, 4) is 0 Å². The monoisotopic (exact) mass is 378 g/mol. The third kappa shape index (κ3) is 3.10. The summed E-state index contributed by atoms with van der Waals surface area (Å²) in [4.78, 5) is 0. The summed E-state index contributed by atoms with van der Waals surface area (Å²) in [6.07, 6.45) is 1.73. The highest BCUT2D eigenvalue weighted by Gasteiger charge is 2.69. The largest absolute Gasteiger partial charge is 0.411 e. The lowest BCUT2D eigenvalue weighted by molar-refractivity contribution is -0.0506. The van der Waals surface area contributed by atoms with E-state index >= 15 is 0 Å². The fourth-order valence-corrected chi connectivity index (χ4v) is 6.18. The third-order valence-electron chi connectivity index (χ3n) is 6.77. The van der Waals surface area contributed by atoms with Crippen molar-refractivity contribution in [3.05, 3.63) is 0 Å². The van der Waals surface area contributed by atoms with Gasteiger partial charge in [-0.3, -0.25) is 4.55 Å². The molecule has 1 aliphatic heterocycles. The van der Waals surface area contributed by atoms with E-state index in [9.17, 15) is 13.0 Å². The van der Waals surface area contributed by atoms with Gasteiger partial charge in [0.25, 0.3) is 0 Å². The third-order valence-corrected chi connectivity index (χ3v) is 11.7. The van der Waals surface area contributed by atoms with Gasteiger partial charge in [-0.15, -0.1) is 0 Å².